The number of likely N-dealkylation sites (tertiary alicyclic amines) is 1. The molecule has 0 unspecified atom stereocenters. The zero-order valence-corrected chi connectivity index (χ0v) is 20.8. The summed E-state index contributed by atoms with van der Waals surface area (Å²) < 4.78 is 7.16. The minimum absolute atomic E-state index is 0.0601. The summed E-state index contributed by atoms with van der Waals surface area (Å²) in [5.74, 6) is -0.662. The molecule has 2 aliphatic heterocycles. The Balaban J connectivity index is 1.53. The molecule has 3 aromatic rings. The quantitative estimate of drug-likeness (QED) is 0.454. The van der Waals surface area contributed by atoms with Crippen LogP contribution < -0.4 is 0 Å². The monoisotopic (exact) mass is 501 g/mol. The molecule has 1 fully saturated rings. The number of carbonyl (C=O) groups is 2. The van der Waals surface area contributed by atoms with Gasteiger partial charge in [0.1, 0.15) is 22.9 Å². The van der Waals surface area contributed by atoms with E-state index < -0.39 is 5.97 Å². The Morgan fingerprint density at radius 2 is 1.81 bits per heavy atom. The Morgan fingerprint density at radius 1 is 1.08 bits per heavy atom. The van der Waals surface area contributed by atoms with Crippen LogP contribution in [-0.2, 0) is 20.9 Å². The maximum Gasteiger partial charge on any atom is 0.344 e. The van der Waals surface area contributed by atoms with Gasteiger partial charge in [-0.15, -0.1) is 0 Å². The van der Waals surface area contributed by atoms with Gasteiger partial charge in [0.05, 0.1) is 17.2 Å². The number of aliphatic imine (C=N–C) groups is 1. The number of aromatic nitrogens is 1. The number of thioether (sulfide) groups is 1. The molecule has 5 rings (SSSR count). The van der Waals surface area contributed by atoms with E-state index in [0.29, 0.717) is 15.6 Å². The molecule has 0 spiro atoms. The number of ether oxygens (including phenoxy) is 1. The molecule has 1 N–H and O–H groups in total. The van der Waals surface area contributed by atoms with Crippen molar-refractivity contribution in [2.45, 2.75) is 26.3 Å². The molecule has 7 nitrogen and oxygen atoms in total. The molecule has 1 saturated heterocycles. The van der Waals surface area contributed by atoms with Crippen LogP contribution in [0.4, 0.5) is 5.69 Å². The van der Waals surface area contributed by atoms with Gasteiger partial charge in [0.2, 0.25) is 5.91 Å². The molecule has 0 bridgehead atoms. The summed E-state index contributed by atoms with van der Waals surface area (Å²) >= 11 is 1.22. The number of nitrogens with zero attached hydrogens (tertiary/aromatic N) is 3. The highest BCUT2D eigenvalue weighted by Crippen LogP contribution is 2.41. The first-order chi connectivity index (χ1) is 17.5. The molecule has 0 saturated carbocycles. The topological polar surface area (TPSA) is 84.1 Å². The van der Waals surface area contributed by atoms with Crippen molar-refractivity contribution < 1.29 is 19.4 Å². The fourth-order valence-corrected chi connectivity index (χ4v) is 5.51. The fourth-order valence-electron chi connectivity index (χ4n) is 4.49. The van der Waals surface area contributed by atoms with Crippen molar-refractivity contribution in [1.29, 1.82) is 0 Å². The second kappa shape index (κ2) is 10.5. The Morgan fingerprint density at radius 3 is 2.56 bits per heavy atom. The number of rotatable bonds is 6. The molecule has 3 heterocycles. The summed E-state index contributed by atoms with van der Waals surface area (Å²) in [5, 5.41) is 12.4. The first-order valence-corrected chi connectivity index (χ1v) is 12.9. The van der Waals surface area contributed by atoms with Gasteiger partial charge in [0.25, 0.3) is 0 Å². The van der Waals surface area contributed by atoms with Gasteiger partial charge in [-0.3, -0.25) is 4.79 Å². The number of amides is 1. The van der Waals surface area contributed by atoms with Crippen molar-refractivity contribution in [3.8, 4) is 0 Å². The van der Waals surface area contributed by atoms with E-state index in [1.54, 1.807) is 6.92 Å². The van der Waals surface area contributed by atoms with Gasteiger partial charge in [0, 0.05) is 35.8 Å². The van der Waals surface area contributed by atoms with E-state index in [1.807, 2.05) is 76.3 Å². The molecular weight excluding hydrogens is 474 g/mol. The summed E-state index contributed by atoms with van der Waals surface area (Å²) in [4.78, 5) is 32.6. The third kappa shape index (κ3) is 4.81. The second-order valence-electron chi connectivity index (χ2n) is 8.62. The van der Waals surface area contributed by atoms with Crippen LogP contribution in [0.5, 0.6) is 0 Å². The maximum atomic E-state index is 12.8. The Kier molecular flexibility index (Phi) is 6.95. The van der Waals surface area contributed by atoms with E-state index in [1.165, 1.54) is 11.8 Å². The van der Waals surface area contributed by atoms with Crippen molar-refractivity contribution in [2.24, 2.45) is 4.99 Å². The maximum absolute atomic E-state index is 12.8. The van der Waals surface area contributed by atoms with Crippen molar-refractivity contribution >= 4 is 51.3 Å². The predicted octanol–water partition coefficient (Wildman–Crippen LogP) is 5.46. The van der Waals surface area contributed by atoms with Crippen LogP contribution in [0.2, 0.25) is 0 Å². The number of carbonyl (C=O) groups excluding carboxylic acids is 2. The van der Waals surface area contributed by atoms with Gasteiger partial charge in [-0.25, -0.2) is 9.79 Å². The summed E-state index contributed by atoms with van der Waals surface area (Å²) in [6.07, 6.45) is 5.86. The number of hydrogen-bond donors (Lipinski definition) is 1. The number of esters is 1. The van der Waals surface area contributed by atoms with E-state index in [4.69, 9.17) is 4.74 Å². The van der Waals surface area contributed by atoms with Crippen LogP contribution in [0.3, 0.4) is 0 Å². The van der Waals surface area contributed by atoms with Gasteiger partial charge in [-0.2, -0.15) is 0 Å². The summed E-state index contributed by atoms with van der Waals surface area (Å²) in [5.41, 5.74) is 2.52. The molecule has 0 aliphatic carbocycles. The largest absolute Gasteiger partial charge is 0.506 e. The highest BCUT2D eigenvalue weighted by atomic mass is 32.2. The van der Waals surface area contributed by atoms with Crippen LogP contribution >= 0.6 is 11.8 Å². The lowest BCUT2D eigenvalue weighted by Gasteiger charge is -2.15. The Bertz CT molecular complexity index is 1400. The molecule has 0 radical (unpaired) electrons. The first-order valence-electron chi connectivity index (χ1n) is 12.0. The summed E-state index contributed by atoms with van der Waals surface area (Å²) in [6.45, 7) is 3.79. The van der Waals surface area contributed by atoms with E-state index in [-0.39, 0.29) is 30.4 Å². The average molecular weight is 502 g/mol. The first kappa shape index (κ1) is 23.9. The van der Waals surface area contributed by atoms with Crippen LogP contribution in [0.15, 0.2) is 82.0 Å². The van der Waals surface area contributed by atoms with Crippen LogP contribution in [0.25, 0.3) is 17.0 Å². The van der Waals surface area contributed by atoms with Crippen molar-refractivity contribution in [2.75, 3.05) is 19.7 Å². The van der Waals surface area contributed by atoms with Gasteiger partial charge >= 0.3 is 5.97 Å². The molecule has 2 aromatic carbocycles. The minimum atomic E-state index is -0.612. The summed E-state index contributed by atoms with van der Waals surface area (Å²) in [6, 6.07) is 17.1. The lowest BCUT2D eigenvalue weighted by molar-refractivity contribution is -0.138. The molecule has 1 amide bonds. The molecule has 184 valence electrons. The van der Waals surface area contributed by atoms with Crippen LogP contribution in [0, 0.1) is 0 Å². The highest BCUT2D eigenvalue weighted by Gasteiger charge is 2.33. The normalized spacial score (nSPS) is 18.1. The molecular formula is C28H27N3O4S. The number of fused-ring (bicyclic) bond motifs is 1. The average Bonchev–Trinajstić information content (AvgIpc) is 3.60. The van der Waals surface area contributed by atoms with Crippen LogP contribution in [-0.4, -0.2) is 51.2 Å². The molecule has 0 atom stereocenters. The lowest BCUT2D eigenvalue weighted by Crippen LogP contribution is -2.30. The molecule has 2 aliphatic rings. The fraction of sp³-hybridized carbons (Fsp3) is 0.250. The van der Waals surface area contributed by atoms with Gasteiger partial charge in [-0.1, -0.05) is 48.2 Å². The van der Waals surface area contributed by atoms with Crippen LogP contribution in [0.1, 0.15) is 25.3 Å². The number of benzene rings is 2. The van der Waals surface area contributed by atoms with Crippen molar-refractivity contribution in [3.05, 3.63) is 82.6 Å². The zero-order valence-electron chi connectivity index (χ0n) is 20.0. The predicted molar refractivity (Wildman–Crippen MR) is 143 cm³/mol. The third-order valence-electron chi connectivity index (χ3n) is 6.23. The van der Waals surface area contributed by atoms with E-state index in [0.717, 1.165) is 42.4 Å². The van der Waals surface area contributed by atoms with Gasteiger partial charge in [0.15, 0.2) is 0 Å². The molecule has 1 aromatic heterocycles. The van der Waals surface area contributed by atoms with Crippen molar-refractivity contribution in [3.63, 3.8) is 0 Å². The number of aliphatic hydroxyl groups is 1. The number of hydrogen-bond acceptors (Lipinski definition) is 6. The standard InChI is InChI=1S/C28H27N3O4S/c1-2-35-28(34)25-26(33)23(36-27(25)29-20-10-4-3-5-11-20)16-19-17-31(22-13-7-6-12-21(19)22)18-24(32)30-14-8-9-15-30/h3-7,10-13,16-17,33H,2,8-9,14-15,18H2,1H3. The van der Waals surface area contributed by atoms with Gasteiger partial charge in [-0.05, 0) is 44.0 Å². The number of aliphatic hydroxyl groups excluding tert-OH is 1. The Labute approximate surface area is 213 Å². The minimum Gasteiger partial charge on any atom is -0.506 e. The zero-order chi connectivity index (χ0) is 25.1. The van der Waals surface area contributed by atoms with Crippen molar-refractivity contribution in [1.82, 2.24) is 9.47 Å². The molecule has 8 heteroatoms. The smallest absolute Gasteiger partial charge is 0.344 e. The highest BCUT2D eigenvalue weighted by molar-refractivity contribution is 8.18. The number of para-hydroxylation sites is 2. The van der Waals surface area contributed by atoms with E-state index >= 15 is 0 Å². The lowest BCUT2D eigenvalue weighted by atomic mass is 10.1. The summed E-state index contributed by atoms with van der Waals surface area (Å²) in [7, 11) is 0. The second-order valence-corrected chi connectivity index (χ2v) is 9.66. The third-order valence-corrected chi connectivity index (χ3v) is 7.25. The van der Waals surface area contributed by atoms with E-state index in [9.17, 15) is 14.7 Å². The van der Waals surface area contributed by atoms with Gasteiger partial charge < -0.3 is 19.3 Å². The molecule has 36 heavy (non-hydrogen) atoms. The SMILES string of the molecule is CCOC(=O)C1=C(O)C(=Cc2cn(CC(=O)N3CCCC3)c3ccccc23)SC1=Nc1ccccc1. The van der Waals surface area contributed by atoms with E-state index in [2.05, 4.69) is 4.99 Å². The Hall–Kier alpha value is -3.78.